The summed E-state index contributed by atoms with van der Waals surface area (Å²) in [6.45, 7) is 3.30. The maximum absolute atomic E-state index is 12.4. The molecule has 1 aromatic carbocycles. The number of aryl methyl sites for hydroxylation is 1. The number of rotatable bonds is 6. The fourth-order valence-corrected chi connectivity index (χ4v) is 2.64. The SMILES string of the molecule is CCc1[nH]c(C(=O)NCC(=O)Nc2ccc(Cl)cc2)c(C)c1C(=O)OC. The smallest absolute Gasteiger partial charge is 0.339 e. The second kappa shape index (κ2) is 8.53. The van der Waals surface area contributed by atoms with Crippen LogP contribution in [-0.2, 0) is 16.0 Å². The summed E-state index contributed by atoms with van der Waals surface area (Å²) in [5.74, 6) is -1.36. The Morgan fingerprint density at radius 1 is 1.19 bits per heavy atom. The molecule has 2 rings (SSSR count). The van der Waals surface area contributed by atoms with E-state index in [4.69, 9.17) is 16.3 Å². The number of ether oxygens (including phenoxy) is 1. The molecule has 26 heavy (non-hydrogen) atoms. The quantitative estimate of drug-likeness (QED) is 0.674. The number of aromatic nitrogens is 1. The number of anilines is 1. The van der Waals surface area contributed by atoms with Gasteiger partial charge in [-0.2, -0.15) is 0 Å². The first-order valence-electron chi connectivity index (χ1n) is 8.00. The standard InChI is InChI=1S/C18H20ClN3O4/c1-4-13-15(18(25)26-3)10(2)16(22-13)17(24)20-9-14(23)21-12-7-5-11(19)6-8-12/h5-8,22H,4,9H2,1-3H3,(H,20,24)(H,21,23). The molecule has 0 aliphatic carbocycles. The Labute approximate surface area is 156 Å². The second-order valence-electron chi connectivity index (χ2n) is 5.56. The summed E-state index contributed by atoms with van der Waals surface area (Å²) in [6, 6.07) is 6.62. The van der Waals surface area contributed by atoms with E-state index in [-0.39, 0.29) is 18.1 Å². The first-order valence-corrected chi connectivity index (χ1v) is 8.38. The maximum Gasteiger partial charge on any atom is 0.339 e. The van der Waals surface area contributed by atoms with Crippen molar-refractivity contribution < 1.29 is 19.1 Å². The lowest BCUT2D eigenvalue weighted by Gasteiger charge is -2.07. The maximum atomic E-state index is 12.4. The van der Waals surface area contributed by atoms with Crippen LogP contribution in [0.1, 0.15) is 39.0 Å². The van der Waals surface area contributed by atoms with Crippen LogP contribution in [0, 0.1) is 6.92 Å². The van der Waals surface area contributed by atoms with E-state index < -0.39 is 11.9 Å². The van der Waals surface area contributed by atoms with Crippen molar-refractivity contribution in [2.75, 3.05) is 19.0 Å². The number of methoxy groups -OCH3 is 1. The van der Waals surface area contributed by atoms with Crippen molar-refractivity contribution >= 4 is 35.1 Å². The van der Waals surface area contributed by atoms with Gasteiger partial charge in [-0.15, -0.1) is 0 Å². The summed E-state index contributed by atoms with van der Waals surface area (Å²) in [6.07, 6.45) is 0.537. The molecule has 0 saturated carbocycles. The normalized spacial score (nSPS) is 10.3. The summed E-state index contributed by atoms with van der Waals surface area (Å²) >= 11 is 5.79. The van der Waals surface area contributed by atoms with Gasteiger partial charge < -0.3 is 20.4 Å². The number of halogens is 1. The lowest BCUT2D eigenvalue weighted by molar-refractivity contribution is -0.115. The highest BCUT2D eigenvalue weighted by Gasteiger charge is 2.23. The molecular formula is C18H20ClN3O4. The van der Waals surface area contributed by atoms with Crippen LogP contribution in [0.5, 0.6) is 0 Å². The minimum Gasteiger partial charge on any atom is -0.465 e. The van der Waals surface area contributed by atoms with E-state index in [0.717, 1.165) is 0 Å². The summed E-state index contributed by atoms with van der Waals surface area (Å²) in [5.41, 5.74) is 2.27. The molecule has 2 amide bonds. The van der Waals surface area contributed by atoms with Crippen molar-refractivity contribution in [2.24, 2.45) is 0 Å². The molecule has 0 bridgehead atoms. The van der Waals surface area contributed by atoms with Crippen molar-refractivity contribution in [1.82, 2.24) is 10.3 Å². The van der Waals surface area contributed by atoms with Gasteiger partial charge in [0.2, 0.25) is 5.91 Å². The minimum absolute atomic E-state index is 0.213. The largest absolute Gasteiger partial charge is 0.465 e. The molecule has 1 heterocycles. The lowest BCUT2D eigenvalue weighted by atomic mass is 10.1. The van der Waals surface area contributed by atoms with E-state index in [1.165, 1.54) is 7.11 Å². The van der Waals surface area contributed by atoms with Crippen LogP contribution in [-0.4, -0.2) is 36.4 Å². The molecule has 0 unspecified atom stereocenters. The van der Waals surface area contributed by atoms with Gasteiger partial charge >= 0.3 is 5.97 Å². The average molecular weight is 378 g/mol. The highest BCUT2D eigenvalue weighted by Crippen LogP contribution is 2.20. The third-order valence-corrected chi connectivity index (χ3v) is 4.09. The number of hydrogen-bond donors (Lipinski definition) is 3. The van der Waals surface area contributed by atoms with E-state index in [0.29, 0.717) is 34.0 Å². The number of H-pyrrole nitrogens is 1. The molecule has 1 aromatic heterocycles. The minimum atomic E-state index is -0.505. The third kappa shape index (κ3) is 4.43. The van der Waals surface area contributed by atoms with Crippen molar-refractivity contribution in [3.63, 3.8) is 0 Å². The monoisotopic (exact) mass is 377 g/mol. The van der Waals surface area contributed by atoms with E-state index in [2.05, 4.69) is 15.6 Å². The number of nitrogens with one attached hydrogen (secondary N) is 3. The van der Waals surface area contributed by atoms with Gasteiger partial charge in [0.05, 0.1) is 19.2 Å². The van der Waals surface area contributed by atoms with E-state index in [1.54, 1.807) is 31.2 Å². The fourth-order valence-electron chi connectivity index (χ4n) is 2.52. The van der Waals surface area contributed by atoms with Crippen molar-refractivity contribution in [3.8, 4) is 0 Å². The van der Waals surface area contributed by atoms with Crippen LogP contribution >= 0.6 is 11.6 Å². The Hall–Kier alpha value is -2.80. The van der Waals surface area contributed by atoms with Gasteiger partial charge in [-0.1, -0.05) is 18.5 Å². The molecule has 8 heteroatoms. The van der Waals surface area contributed by atoms with Crippen LogP contribution in [0.15, 0.2) is 24.3 Å². The van der Waals surface area contributed by atoms with Gasteiger partial charge in [0.15, 0.2) is 0 Å². The Bertz CT molecular complexity index is 828. The lowest BCUT2D eigenvalue weighted by Crippen LogP contribution is -2.33. The molecule has 0 spiro atoms. The highest BCUT2D eigenvalue weighted by atomic mass is 35.5. The van der Waals surface area contributed by atoms with Crippen LogP contribution < -0.4 is 10.6 Å². The Morgan fingerprint density at radius 2 is 1.85 bits per heavy atom. The topological polar surface area (TPSA) is 100 Å². The number of benzene rings is 1. The van der Waals surface area contributed by atoms with Crippen LogP contribution in [0.2, 0.25) is 5.02 Å². The van der Waals surface area contributed by atoms with Crippen molar-refractivity contribution in [3.05, 3.63) is 51.8 Å². The number of esters is 1. The van der Waals surface area contributed by atoms with Crippen molar-refractivity contribution in [2.45, 2.75) is 20.3 Å². The van der Waals surface area contributed by atoms with Crippen LogP contribution in [0.25, 0.3) is 0 Å². The molecule has 0 aliphatic heterocycles. The molecule has 7 nitrogen and oxygen atoms in total. The molecular weight excluding hydrogens is 358 g/mol. The molecule has 138 valence electrons. The molecule has 2 aromatic rings. The zero-order chi connectivity index (χ0) is 19.3. The van der Waals surface area contributed by atoms with Gasteiger partial charge in [0.1, 0.15) is 5.69 Å². The van der Waals surface area contributed by atoms with Gasteiger partial charge in [-0.3, -0.25) is 9.59 Å². The number of aromatic amines is 1. The van der Waals surface area contributed by atoms with Gasteiger partial charge in [-0.05, 0) is 43.2 Å². The summed E-state index contributed by atoms with van der Waals surface area (Å²) in [4.78, 5) is 39.2. The Morgan fingerprint density at radius 3 is 2.42 bits per heavy atom. The summed E-state index contributed by atoms with van der Waals surface area (Å²) in [7, 11) is 1.29. The second-order valence-corrected chi connectivity index (χ2v) is 6.00. The zero-order valence-corrected chi connectivity index (χ0v) is 15.5. The number of carbonyl (C=O) groups excluding carboxylic acids is 3. The molecule has 0 radical (unpaired) electrons. The predicted octanol–water partition coefficient (Wildman–Crippen LogP) is 2.69. The Balaban J connectivity index is 2.03. The number of hydrogen-bond acceptors (Lipinski definition) is 4. The highest BCUT2D eigenvalue weighted by molar-refractivity contribution is 6.30. The summed E-state index contributed by atoms with van der Waals surface area (Å²) in [5, 5.41) is 5.74. The molecule has 0 fully saturated rings. The van der Waals surface area contributed by atoms with E-state index in [1.807, 2.05) is 6.92 Å². The van der Waals surface area contributed by atoms with E-state index >= 15 is 0 Å². The first kappa shape index (κ1) is 19.5. The van der Waals surface area contributed by atoms with Gasteiger partial charge in [0, 0.05) is 16.4 Å². The number of amides is 2. The van der Waals surface area contributed by atoms with E-state index in [9.17, 15) is 14.4 Å². The van der Waals surface area contributed by atoms with Gasteiger partial charge in [-0.25, -0.2) is 4.79 Å². The molecule has 0 atom stereocenters. The van der Waals surface area contributed by atoms with Crippen LogP contribution in [0.4, 0.5) is 5.69 Å². The predicted molar refractivity (Wildman–Crippen MR) is 98.7 cm³/mol. The molecule has 0 aliphatic rings. The average Bonchev–Trinajstić information content (AvgIpc) is 2.97. The van der Waals surface area contributed by atoms with Crippen LogP contribution in [0.3, 0.4) is 0 Å². The Kier molecular flexibility index (Phi) is 6.41. The van der Waals surface area contributed by atoms with Crippen molar-refractivity contribution in [1.29, 1.82) is 0 Å². The summed E-state index contributed by atoms with van der Waals surface area (Å²) < 4.78 is 4.76. The zero-order valence-electron chi connectivity index (χ0n) is 14.7. The first-order chi connectivity index (χ1) is 12.4. The third-order valence-electron chi connectivity index (χ3n) is 3.84. The fraction of sp³-hybridized carbons (Fsp3) is 0.278. The molecule has 0 saturated heterocycles. The molecule has 3 N–H and O–H groups in total. The van der Waals surface area contributed by atoms with Gasteiger partial charge in [0.25, 0.3) is 5.91 Å². The number of carbonyl (C=O) groups is 3.